The van der Waals surface area contributed by atoms with E-state index < -0.39 is 16.1 Å². The molecule has 0 radical (unpaired) electrons. The van der Waals surface area contributed by atoms with Crippen molar-refractivity contribution >= 4 is 38.9 Å². The van der Waals surface area contributed by atoms with Gasteiger partial charge in [0.15, 0.2) is 0 Å². The molecular formula is C21H28ClN3O3S. The van der Waals surface area contributed by atoms with Gasteiger partial charge in [0.25, 0.3) is 0 Å². The number of hydrogen-bond acceptors (Lipinski definition) is 4. The van der Waals surface area contributed by atoms with Crippen LogP contribution < -0.4 is 14.5 Å². The smallest absolute Gasteiger partial charge is 0.243 e. The number of nitrogens with zero attached hydrogens (tertiary/aromatic N) is 2. The van der Waals surface area contributed by atoms with Crippen LogP contribution in [0.5, 0.6) is 0 Å². The predicted molar refractivity (Wildman–Crippen MR) is 120 cm³/mol. The van der Waals surface area contributed by atoms with Gasteiger partial charge in [-0.2, -0.15) is 0 Å². The summed E-state index contributed by atoms with van der Waals surface area (Å²) in [6.45, 7) is 3.01. The van der Waals surface area contributed by atoms with Gasteiger partial charge in [-0.1, -0.05) is 42.8 Å². The van der Waals surface area contributed by atoms with Crippen LogP contribution in [0.25, 0.3) is 0 Å². The van der Waals surface area contributed by atoms with Crippen LogP contribution in [0.4, 0.5) is 11.4 Å². The number of sulfonamides is 1. The van der Waals surface area contributed by atoms with E-state index >= 15 is 0 Å². The van der Waals surface area contributed by atoms with Crippen molar-refractivity contribution in [2.24, 2.45) is 0 Å². The van der Waals surface area contributed by atoms with E-state index in [1.54, 1.807) is 31.2 Å². The maximum Gasteiger partial charge on any atom is 0.243 e. The van der Waals surface area contributed by atoms with Gasteiger partial charge in [-0.15, -0.1) is 0 Å². The maximum atomic E-state index is 12.8. The van der Waals surface area contributed by atoms with Crippen LogP contribution in [0, 0.1) is 0 Å². The van der Waals surface area contributed by atoms with Gasteiger partial charge in [0.2, 0.25) is 15.9 Å². The molecule has 0 bridgehead atoms. The van der Waals surface area contributed by atoms with E-state index in [0.29, 0.717) is 23.7 Å². The fourth-order valence-corrected chi connectivity index (χ4v) is 4.52. The SMILES string of the molecule is CC[C@H](C(=O)NCCCN(C)c1ccccc1)N(c1cccc(Cl)c1)S(C)(=O)=O. The van der Waals surface area contributed by atoms with Gasteiger partial charge in [0, 0.05) is 30.8 Å². The Hall–Kier alpha value is -2.25. The quantitative estimate of drug-likeness (QED) is 0.577. The molecule has 1 N–H and O–H groups in total. The summed E-state index contributed by atoms with van der Waals surface area (Å²) in [5.41, 5.74) is 1.49. The van der Waals surface area contributed by atoms with E-state index in [1.807, 2.05) is 37.4 Å². The summed E-state index contributed by atoms with van der Waals surface area (Å²) in [7, 11) is -1.67. The van der Waals surface area contributed by atoms with Crippen LogP contribution >= 0.6 is 11.6 Å². The first-order valence-corrected chi connectivity index (χ1v) is 11.8. The molecule has 158 valence electrons. The Balaban J connectivity index is 2.00. The minimum atomic E-state index is -3.67. The lowest BCUT2D eigenvalue weighted by atomic mass is 10.2. The van der Waals surface area contributed by atoms with Gasteiger partial charge in [0.1, 0.15) is 6.04 Å². The number of carbonyl (C=O) groups is 1. The lowest BCUT2D eigenvalue weighted by Gasteiger charge is -2.30. The molecule has 0 spiro atoms. The monoisotopic (exact) mass is 437 g/mol. The van der Waals surface area contributed by atoms with E-state index in [-0.39, 0.29) is 5.91 Å². The molecule has 0 aliphatic carbocycles. The van der Waals surface area contributed by atoms with Crippen molar-refractivity contribution in [3.05, 3.63) is 59.6 Å². The van der Waals surface area contributed by atoms with Crippen molar-refractivity contribution in [3.8, 4) is 0 Å². The Labute approximate surface area is 178 Å². The number of anilines is 2. The molecule has 2 aromatic rings. The van der Waals surface area contributed by atoms with Crippen LogP contribution in [0.1, 0.15) is 19.8 Å². The minimum absolute atomic E-state index is 0.319. The largest absolute Gasteiger partial charge is 0.375 e. The van der Waals surface area contributed by atoms with Crippen molar-refractivity contribution < 1.29 is 13.2 Å². The molecule has 0 aromatic heterocycles. The first kappa shape index (κ1) is 23.0. The lowest BCUT2D eigenvalue weighted by molar-refractivity contribution is -0.122. The molecule has 6 nitrogen and oxygen atoms in total. The average molecular weight is 438 g/mol. The predicted octanol–water partition coefficient (Wildman–Crippen LogP) is 3.53. The molecule has 1 atom stereocenters. The second kappa shape index (κ2) is 10.5. The summed E-state index contributed by atoms with van der Waals surface area (Å²) in [5, 5.41) is 3.29. The molecule has 29 heavy (non-hydrogen) atoms. The summed E-state index contributed by atoms with van der Waals surface area (Å²) in [4.78, 5) is 14.9. The molecule has 0 unspecified atom stereocenters. The summed E-state index contributed by atoms with van der Waals surface area (Å²) >= 11 is 6.02. The molecule has 0 fully saturated rings. The van der Waals surface area contributed by atoms with Gasteiger partial charge in [0.05, 0.1) is 11.9 Å². The summed E-state index contributed by atoms with van der Waals surface area (Å²) < 4.78 is 26.0. The van der Waals surface area contributed by atoms with Crippen molar-refractivity contribution in [1.82, 2.24) is 5.32 Å². The number of carbonyl (C=O) groups excluding carboxylic acids is 1. The van der Waals surface area contributed by atoms with Crippen LogP contribution in [0.2, 0.25) is 5.02 Å². The Kier molecular flexibility index (Phi) is 8.34. The zero-order valence-electron chi connectivity index (χ0n) is 17.0. The van der Waals surface area contributed by atoms with E-state index in [4.69, 9.17) is 11.6 Å². The number of nitrogens with one attached hydrogen (secondary N) is 1. The van der Waals surface area contributed by atoms with Crippen molar-refractivity contribution in [2.75, 3.05) is 35.6 Å². The van der Waals surface area contributed by atoms with Crippen LogP contribution in [0.15, 0.2) is 54.6 Å². The van der Waals surface area contributed by atoms with E-state index in [9.17, 15) is 13.2 Å². The highest BCUT2D eigenvalue weighted by atomic mass is 35.5. The van der Waals surface area contributed by atoms with Crippen LogP contribution in [-0.2, 0) is 14.8 Å². The average Bonchev–Trinajstić information content (AvgIpc) is 2.68. The fourth-order valence-electron chi connectivity index (χ4n) is 3.13. The Morgan fingerprint density at radius 1 is 1.10 bits per heavy atom. The summed E-state index contributed by atoms with van der Waals surface area (Å²) in [6, 6.07) is 15.7. The van der Waals surface area contributed by atoms with E-state index in [0.717, 1.165) is 29.2 Å². The first-order valence-electron chi connectivity index (χ1n) is 9.53. The molecular weight excluding hydrogens is 410 g/mol. The molecule has 0 aliphatic heterocycles. The molecule has 0 heterocycles. The third-order valence-corrected chi connectivity index (χ3v) is 5.97. The molecule has 2 rings (SSSR count). The fraction of sp³-hybridized carbons (Fsp3) is 0.381. The molecule has 8 heteroatoms. The number of rotatable bonds is 10. The normalized spacial score (nSPS) is 12.3. The number of hydrogen-bond donors (Lipinski definition) is 1. The van der Waals surface area contributed by atoms with Gasteiger partial charge >= 0.3 is 0 Å². The van der Waals surface area contributed by atoms with Crippen molar-refractivity contribution in [3.63, 3.8) is 0 Å². The Morgan fingerprint density at radius 2 is 1.76 bits per heavy atom. The number of halogens is 1. The van der Waals surface area contributed by atoms with Crippen LogP contribution in [0.3, 0.4) is 0 Å². The number of amides is 1. The standard InChI is InChI=1S/C21H28ClN3O3S/c1-4-20(25(29(3,27)28)19-13-8-10-17(22)16-19)21(26)23-14-9-15-24(2)18-11-6-5-7-12-18/h5-8,10-13,16,20H,4,9,14-15H2,1-3H3,(H,23,26)/t20-/m1/s1. The molecule has 0 saturated carbocycles. The highest BCUT2D eigenvalue weighted by molar-refractivity contribution is 7.92. The van der Waals surface area contributed by atoms with E-state index in [2.05, 4.69) is 10.2 Å². The highest BCUT2D eigenvalue weighted by Gasteiger charge is 2.31. The third-order valence-electron chi connectivity index (χ3n) is 4.56. The molecule has 0 saturated heterocycles. The van der Waals surface area contributed by atoms with Crippen molar-refractivity contribution in [2.45, 2.75) is 25.8 Å². The zero-order chi connectivity index (χ0) is 21.4. The Bertz CT molecular complexity index is 906. The second-order valence-electron chi connectivity index (χ2n) is 6.86. The minimum Gasteiger partial charge on any atom is -0.375 e. The summed E-state index contributed by atoms with van der Waals surface area (Å²) in [6.07, 6.45) is 2.18. The van der Waals surface area contributed by atoms with Gasteiger partial charge < -0.3 is 10.2 Å². The number of para-hydroxylation sites is 1. The first-order chi connectivity index (χ1) is 13.7. The summed E-state index contributed by atoms with van der Waals surface area (Å²) in [5.74, 6) is -0.319. The van der Waals surface area contributed by atoms with Crippen LogP contribution in [-0.4, -0.2) is 46.8 Å². The second-order valence-corrected chi connectivity index (χ2v) is 9.16. The van der Waals surface area contributed by atoms with E-state index in [1.165, 1.54) is 0 Å². The topological polar surface area (TPSA) is 69.7 Å². The van der Waals surface area contributed by atoms with Gasteiger partial charge in [-0.3, -0.25) is 9.10 Å². The lowest BCUT2D eigenvalue weighted by Crippen LogP contribution is -2.49. The zero-order valence-corrected chi connectivity index (χ0v) is 18.6. The van der Waals surface area contributed by atoms with Gasteiger partial charge in [-0.25, -0.2) is 8.42 Å². The molecule has 2 aromatic carbocycles. The molecule has 1 amide bonds. The highest BCUT2D eigenvalue weighted by Crippen LogP contribution is 2.25. The molecule has 0 aliphatic rings. The van der Waals surface area contributed by atoms with Crippen molar-refractivity contribution in [1.29, 1.82) is 0 Å². The number of benzene rings is 2. The third kappa shape index (κ3) is 6.65. The Morgan fingerprint density at radius 3 is 2.34 bits per heavy atom. The maximum absolute atomic E-state index is 12.8. The van der Waals surface area contributed by atoms with Gasteiger partial charge in [-0.05, 0) is 43.2 Å².